The molecule has 0 heterocycles. The second-order valence-electron chi connectivity index (χ2n) is 4.29. The summed E-state index contributed by atoms with van der Waals surface area (Å²) in [5, 5.41) is 39.3. The lowest BCUT2D eigenvalue weighted by atomic mass is 10.0. The molecule has 0 fully saturated rings. The van der Waals surface area contributed by atoms with Crippen LogP contribution in [0, 0.1) is 21.4 Å². The number of carbonyl (C=O) groups is 1. The zero-order valence-electron chi connectivity index (χ0n) is 11.2. The molecule has 1 aromatic carbocycles. The number of carbonyl (C=O) groups excluding carboxylic acids is 1. The van der Waals surface area contributed by atoms with Crippen LogP contribution in [0.2, 0.25) is 0 Å². The molecular weight excluding hydrogens is 296 g/mol. The average Bonchev–Trinajstić information content (AvgIpc) is 2.45. The summed E-state index contributed by atoms with van der Waals surface area (Å²) in [4.78, 5) is 20.9. The molecule has 2 unspecified atom stereocenters. The largest absolute Gasteiger partial charge is 0.390 e. The molecule has 2 N–H and O–H groups in total. The van der Waals surface area contributed by atoms with E-state index in [9.17, 15) is 25.1 Å². The number of nitro benzene ring substituents is 1. The van der Waals surface area contributed by atoms with Crippen LogP contribution in [0.5, 0.6) is 0 Å². The Balaban J connectivity index is 2.85. The van der Waals surface area contributed by atoms with E-state index in [1.807, 2.05) is 0 Å². The number of rotatable bonds is 6. The molecule has 0 spiro atoms. The first-order valence-corrected chi connectivity index (χ1v) is 7.03. The van der Waals surface area contributed by atoms with Crippen molar-refractivity contribution in [2.75, 3.05) is 5.75 Å². The van der Waals surface area contributed by atoms with E-state index in [1.54, 1.807) is 6.07 Å². The Morgan fingerprint density at radius 1 is 1.52 bits per heavy atom. The zero-order valence-corrected chi connectivity index (χ0v) is 12.0. The van der Waals surface area contributed by atoms with E-state index in [0.29, 0.717) is 5.75 Å². The smallest absolute Gasteiger partial charge is 0.287 e. The van der Waals surface area contributed by atoms with E-state index >= 15 is 0 Å². The molecule has 0 amide bonds. The second-order valence-corrected chi connectivity index (χ2v) is 5.56. The van der Waals surface area contributed by atoms with Crippen LogP contribution in [-0.2, 0) is 4.79 Å². The summed E-state index contributed by atoms with van der Waals surface area (Å²) < 4.78 is 0. The van der Waals surface area contributed by atoms with Crippen LogP contribution < -0.4 is 0 Å². The normalized spacial score (nSPS) is 13.2. The van der Waals surface area contributed by atoms with Gasteiger partial charge in [0.15, 0.2) is 5.12 Å². The SMILES string of the molecule is CC(=O)SCCC(O)C(O)c1ccc(C#N)c([N+](=O)[O-])c1. The van der Waals surface area contributed by atoms with Crippen LogP contribution in [0.3, 0.4) is 0 Å². The van der Waals surface area contributed by atoms with Gasteiger partial charge >= 0.3 is 0 Å². The molecule has 0 saturated heterocycles. The lowest BCUT2D eigenvalue weighted by Gasteiger charge is -2.17. The number of hydrogen-bond acceptors (Lipinski definition) is 7. The lowest BCUT2D eigenvalue weighted by molar-refractivity contribution is -0.385. The number of hydrogen-bond donors (Lipinski definition) is 2. The topological polar surface area (TPSA) is 124 Å². The van der Waals surface area contributed by atoms with Gasteiger partial charge in [0, 0.05) is 18.7 Å². The minimum atomic E-state index is -1.32. The van der Waals surface area contributed by atoms with Gasteiger partial charge in [-0.3, -0.25) is 14.9 Å². The molecule has 0 aromatic heterocycles. The molecule has 0 bridgehead atoms. The van der Waals surface area contributed by atoms with Crippen molar-refractivity contribution in [3.8, 4) is 6.07 Å². The molecule has 8 heteroatoms. The minimum absolute atomic E-state index is 0.0919. The van der Waals surface area contributed by atoms with E-state index in [1.165, 1.54) is 19.1 Å². The van der Waals surface area contributed by atoms with E-state index in [-0.39, 0.29) is 22.7 Å². The highest BCUT2D eigenvalue weighted by Gasteiger charge is 2.22. The summed E-state index contributed by atoms with van der Waals surface area (Å²) in [5.41, 5.74) is -0.377. The van der Waals surface area contributed by atoms with Crippen molar-refractivity contribution in [1.82, 2.24) is 0 Å². The summed E-state index contributed by atoms with van der Waals surface area (Å²) in [5.74, 6) is 0.339. The number of nitriles is 1. The summed E-state index contributed by atoms with van der Waals surface area (Å²) in [6.45, 7) is 1.40. The fourth-order valence-electron chi connectivity index (χ4n) is 1.68. The van der Waals surface area contributed by atoms with Gasteiger partial charge in [-0.2, -0.15) is 5.26 Å². The number of thioether (sulfide) groups is 1. The highest BCUT2D eigenvalue weighted by atomic mass is 32.2. The van der Waals surface area contributed by atoms with E-state index in [4.69, 9.17) is 5.26 Å². The third kappa shape index (κ3) is 4.82. The maximum atomic E-state index is 10.8. The van der Waals surface area contributed by atoms with Crippen molar-refractivity contribution >= 4 is 22.6 Å². The molecule has 1 aromatic rings. The molecule has 21 heavy (non-hydrogen) atoms. The number of nitro groups is 1. The molecular formula is C13H14N2O5S. The molecule has 0 radical (unpaired) electrons. The Kier molecular flexibility index (Phi) is 6.30. The van der Waals surface area contributed by atoms with E-state index in [0.717, 1.165) is 17.8 Å². The zero-order chi connectivity index (χ0) is 16.0. The number of aliphatic hydroxyl groups is 2. The van der Waals surface area contributed by atoms with Crippen LogP contribution in [0.25, 0.3) is 0 Å². The molecule has 1 rings (SSSR count). The number of nitrogens with zero attached hydrogens (tertiary/aromatic N) is 2. The van der Waals surface area contributed by atoms with Crippen LogP contribution in [0.4, 0.5) is 5.69 Å². The molecule has 2 atom stereocenters. The molecule has 0 saturated carbocycles. The standard InChI is InChI=1S/C13H14N2O5S/c1-8(16)21-5-4-12(17)13(18)9-2-3-10(7-14)11(6-9)15(19)20/h2-3,6,12-13,17-18H,4-5H2,1H3. The van der Waals surface area contributed by atoms with Crippen LogP contribution >= 0.6 is 11.8 Å². The highest BCUT2D eigenvalue weighted by molar-refractivity contribution is 8.13. The molecule has 0 aliphatic heterocycles. The maximum absolute atomic E-state index is 10.8. The Labute approximate surface area is 125 Å². The molecule has 112 valence electrons. The van der Waals surface area contributed by atoms with Gasteiger partial charge in [0.05, 0.1) is 11.0 Å². The van der Waals surface area contributed by atoms with Crippen molar-refractivity contribution < 1.29 is 19.9 Å². The first-order chi connectivity index (χ1) is 9.86. The fraction of sp³-hybridized carbons (Fsp3) is 0.385. The van der Waals surface area contributed by atoms with Crippen molar-refractivity contribution in [2.45, 2.75) is 25.6 Å². The Morgan fingerprint density at radius 3 is 2.71 bits per heavy atom. The van der Waals surface area contributed by atoms with Gasteiger partial charge in [0.25, 0.3) is 5.69 Å². The van der Waals surface area contributed by atoms with Crippen molar-refractivity contribution in [3.05, 3.63) is 39.4 Å². The summed E-state index contributed by atoms with van der Waals surface area (Å²) in [6.07, 6.45) is -2.30. The fourth-order valence-corrected chi connectivity index (χ4v) is 2.33. The van der Waals surface area contributed by atoms with Crippen LogP contribution in [0.1, 0.15) is 30.6 Å². The van der Waals surface area contributed by atoms with Gasteiger partial charge in [-0.1, -0.05) is 17.8 Å². The van der Waals surface area contributed by atoms with Crippen molar-refractivity contribution in [2.24, 2.45) is 0 Å². The third-order valence-corrected chi connectivity index (χ3v) is 3.61. The van der Waals surface area contributed by atoms with Crippen molar-refractivity contribution in [1.29, 1.82) is 5.26 Å². The van der Waals surface area contributed by atoms with Gasteiger partial charge in [-0.25, -0.2) is 0 Å². The second kappa shape index (κ2) is 7.73. The average molecular weight is 310 g/mol. The lowest BCUT2D eigenvalue weighted by Crippen LogP contribution is -2.19. The first kappa shape index (κ1) is 17.1. The Morgan fingerprint density at radius 2 is 2.19 bits per heavy atom. The van der Waals surface area contributed by atoms with Crippen molar-refractivity contribution in [3.63, 3.8) is 0 Å². The highest BCUT2D eigenvalue weighted by Crippen LogP contribution is 2.26. The van der Waals surface area contributed by atoms with E-state index in [2.05, 4.69) is 0 Å². The Bertz CT molecular complexity index is 584. The minimum Gasteiger partial charge on any atom is -0.390 e. The van der Waals surface area contributed by atoms with Gasteiger partial charge < -0.3 is 10.2 Å². The quantitative estimate of drug-likeness (QED) is 0.603. The third-order valence-electron chi connectivity index (χ3n) is 2.76. The summed E-state index contributed by atoms with van der Waals surface area (Å²) in [7, 11) is 0. The number of aliphatic hydroxyl groups excluding tert-OH is 2. The Hall–Kier alpha value is -1.95. The van der Waals surface area contributed by atoms with E-state index < -0.39 is 22.8 Å². The summed E-state index contributed by atoms with van der Waals surface area (Å²) >= 11 is 1.03. The monoisotopic (exact) mass is 310 g/mol. The summed E-state index contributed by atoms with van der Waals surface area (Å²) in [6, 6.07) is 5.35. The van der Waals surface area contributed by atoms with Crippen LogP contribution in [-0.4, -0.2) is 32.1 Å². The van der Waals surface area contributed by atoms with Gasteiger partial charge in [0.1, 0.15) is 17.7 Å². The van der Waals surface area contributed by atoms with Gasteiger partial charge in [0.2, 0.25) is 0 Å². The predicted octanol–water partition coefficient (Wildman–Crippen LogP) is 1.53. The van der Waals surface area contributed by atoms with Gasteiger partial charge in [-0.05, 0) is 18.1 Å². The van der Waals surface area contributed by atoms with Crippen LogP contribution in [0.15, 0.2) is 18.2 Å². The van der Waals surface area contributed by atoms with Gasteiger partial charge in [-0.15, -0.1) is 0 Å². The molecule has 7 nitrogen and oxygen atoms in total. The molecule has 0 aliphatic carbocycles. The molecule has 0 aliphatic rings. The number of benzene rings is 1. The first-order valence-electron chi connectivity index (χ1n) is 6.04. The maximum Gasteiger partial charge on any atom is 0.287 e. The predicted molar refractivity (Wildman–Crippen MR) is 76.5 cm³/mol.